The summed E-state index contributed by atoms with van der Waals surface area (Å²) in [6.07, 6.45) is 3.87. The van der Waals surface area contributed by atoms with Crippen LogP contribution in [0.25, 0.3) is 6.08 Å². The molecule has 0 atom stereocenters. The Morgan fingerprint density at radius 1 is 1.29 bits per heavy atom. The first kappa shape index (κ1) is 20.0. The van der Waals surface area contributed by atoms with E-state index in [9.17, 15) is 4.79 Å². The highest BCUT2D eigenvalue weighted by molar-refractivity contribution is 7.80. The molecule has 2 aromatic rings. The van der Waals surface area contributed by atoms with Crippen molar-refractivity contribution in [1.82, 2.24) is 10.9 Å². The van der Waals surface area contributed by atoms with E-state index in [-0.39, 0.29) is 12.7 Å². The van der Waals surface area contributed by atoms with Gasteiger partial charge in [0.25, 0.3) is 5.91 Å². The van der Waals surface area contributed by atoms with Crippen LogP contribution >= 0.6 is 23.8 Å². The highest BCUT2D eigenvalue weighted by atomic mass is 35.5. The van der Waals surface area contributed by atoms with Crippen LogP contribution in [0, 0.1) is 6.92 Å². The van der Waals surface area contributed by atoms with Crippen LogP contribution in [0.5, 0.6) is 11.5 Å². The lowest BCUT2D eigenvalue weighted by Gasteiger charge is -2.15. The van der Waals surface area contributed by atoms with Gasteiger partial charge in [-0.15, -0.1) is 0 Å². The topological polar surface area (TPSA) is 71.6 Å². The first-order valence-electron chi connectivity index (χ1n) is 8.70. The number of hydrogen-bond acceptors (Lipinski definition) is 4. The number of fused-ring (bicyclic) bond motifs is 1. The van der Waals surface area contributed by atoms with Crippen molar-refractivity contribution >= 4 is 46.6 Å². The normalized spacial score (nSPS) is 12.1. The molecule has 0 saturated carbocycles. The molecule has 0 bridgehead atoms. The van der Waals surface area contributed by atoms with Gasteiger partial charge in [0, 0.05) is 11.8 Å². The molecule has 0 aromatic heterocycles. The van der Waals surface area contributed by atoms with Crippen molar-refractivity contribution in [3.05, 3.63) is 58.1 Å². The zero-order valence-corrected chi connectivity index (χ0v) is 17.0. The smallest absolute Gasteiger partial charge is 0.262 e. The first-order valence-corrected chi connectivity index (χ1v) is 9.49. The van der Waals surface area contributed by atoms with E-state index < -0.39 is 0 Å². The molecule has 2 aromatic carbocycles. The Bertz CT molecular complexity index is 947. The molecule has 0 saturated heterocycles. The van der Waals surface area contributed by atoms with E-state index in [0.29, 0.717) is 21.6 Å². The number of amides is 1. The van der Waals surface area contributed by atoms with E-state index in [4.69, 9.17) is 33.3 Å². The summed E-state index contributed by atoms with van der Waals surface area (Å²) in [6, 6.07) is 9.49. The molecule has 146 valence electrons. The third-order valence-corrected chi connectivity index (χ3v) is 4.64. The Hall–Kier alpha value is -2.77. The Morgan fingerprint density at radius 3 is 2.89 bits per heavy atom. The molecule has 1 heterocycles. The van der Waals surface area contributed by atoms with Crippen LogP contribution in [0.15, 0.2) is 36.4 Å². The average molecular weight is 418 g/mol. The summed E-state index contributed by atoms with van der Waals surface area (Å²) in [5, 5.41) is 3.86. The van der Waals surface area contributed by atoms with Crippen molar-refractivity contribution in [2.24, 2.45) is 0 Å². The summed E-state index contributed by atoms with van der Waals surface area (Å²) < 4.78 is 10.6. The molecule has 1 aliphatic rings. The average Bonchev–Trinajstić information content (AvgIpc) is 3.15. The Kier molecular flexibility index (Phi) is 6.38. The van der Waals surface area contributed by atoms with E-state index in [1.165, 1.54) is 6.08 Å². The molecule has 6 nitrogen and oxygen atoms in total. The molecule has 0 radical (unpaired) electrons. The van der Waals surface area contributed by atoms with Gasteiger partial charge in [-0.1, -0.05) is 36.7 Å². The quantitative estimate of drug-likeness (QED) is 0.397. The predicted octanol–water partition coefficient (Wildman–Crippen LogP) is 3.97. The number of carbonyl (C=O) groups excluding carboxylic acids is 1. The first-order chi connectivity index (χ1) is 13.5. The Balaban J connectivity index is 1.55. The number of anilines is 1. The highest BCUT2D eigenvalue weighted by Gasteiger charge is 2.17. The van der Waals surface area contributed by atoms with Crippen molar-refractivity contribution in [3.8, 4) is 11.5 Å². The number of halogens is 1. The molecular weight excluding hydrogens is 398 g/mol. The Morgan fingerprint density at radius 2 is 2.11 bits per heavy atom. The standard InChI is InChI=1S/C20H20ClN3O3S/c1-3-14-6-4-5-12(2)18(14)22-20(28)24-23-17(25)8-7-13-9-15(21)19-16(10-13)26-11-27-19/h4-10H,3,11H2,1-2H3,(H,23,25)(H2,22,24,28)/b8-7+. The lowest BCUT2D eigenvalue weighted by Crippen LogP contribution is -2.43. The number of thiocarbonyl (C=S) groups is 1. The van der Waals surface area contributed by atoms with Crippen molar-refractivity contribution in [3.63, 3.8) is 0 Å². The Labute approximate surface area is 173 Å². The lowest BCUT2D eigenvalue weighted by atomic mass is 10.1. The van der Waals surface area contributed by atoms with E-state index in [1.54, 1.807) is 18.2 Å². The second-order valence-corrected chi connectivity index (χ2v) is 6.92. The molecular formula is C20H20ClN3O3S. The molecule has 1 aliphatic heterocycles. The molecule has 8 heteroatoms. The van der Waals surface area contributed by atoms with Gasteiger partial charge in [0.05, 0.1) is 5.02 Å². The summed E-state index contributed by atoms with van der Waals surface area (Å²) >= 11 is 11.4. The summed E-state index contributed by atoms with van der Waals surface area (Å²) in [5.74, 6) is 0.712. The van der Waals surface area contributed by atoms with Crippen molar-refractivity contribution in [2.75, 3.05) is 12.1 Å². The van der Waals surface area contributed by atoms with E-state index in [0.717, 1.165) is 28.8 Å². The van der Waals surface area contributed by atoms with Crippen LogP contribution in [-0.4, -0.2) is 17.8 Å². The number of para-hydroxylation sites is 1. The van der Waals surface area contributed by atoms with Gasteiger partial charge < -0.3 is 14.8 Å². The van der Waals surface area contributed by atoms with E-state index in [2.05, 4.69) is 23.1 Å². The summed E-state index contributed by atoms with van der Waals surface area (Å²) in [6.45, 7) is 4.21. The number of carbonyl (C=O) groups is 1. The summed E-state index contributed by atoms with van der Waals surface area (Å²) in [7, 11) is 0. The van der Waals surface area contributed by atoms with E-state index >= 15 is 0 Å². The summed E-state index contributed by atoms with van der Waals surface area (Å²) in [4.78, 5) is 12.0. The van der Waals surface area contributed by atoms with Gasteiger partial charge in [-0.3, -0.25) is 15.6 Å². The van der Waals surface area contributed by atoms with E-state index in [1.807, 2.05) is 25.1 Å². The maximum Gasteiger partial charge on any atom is 0.262 e. The minimum Gasteiger partial charge on any atom is -0.454 e. The van der Waals surface area contributed by atoms with Gasteiger partial charge in [-0.05, 0) is 60.5 Å². The highest BCUT2D eigenvalue weighted by Crippen LogP contribution is 2.40. The second kappa shape index (κ2) is 8.95. The minimum atomic E-state index is -0.363. The van der Waals surface area contributed by atoms with Crippen molar-refractivity contribution in [2.45, 2.75) is 20.3 Å². The van der Waals surface area contributed by atoms with Crippen LogP contribution in [-0.2, 0) is 11.2 Å². The third kappa shape index (κ3) is 4.74. The van der Waals surface area contributed by atoms with Crippen molar-refractivity contribution < 1.29 is 14.3 Å². The maximum absolute atomic E-state index is 12.0. The van der Waals surface area contributed by atoms with Crippen LogP contribution in [0.4, 0.5) is 5.69 Å². The van der Waals surface area contributed by atoms with Gasteiger partial charge in [0.1, 0.15) is 0 Å². The molecule has 0 fully saturated rings. The molecule has 0 unspecified atom stereocenters. The fourth-order valence-electron chi connectivity index (χ4n) is 2.76. The summed E-state index contributed by atoms with van der Waals surface area (Å²) in [5.41, 5.74) is 9.12. The SMILES string of the molecule is CCc1cccc(C)c1NC(=S)NNC(=O)/C=C/c1cc(Cl)c2c(c1)OCO2. The van der Waals surface area contributed by atoms with Gasteiger partial charge in [0.15, 0.2) is 16.6 Å². The predicted molar refractivity (Wildman–Crippen MR) is 115 cm³/mol. The van der Waals surface area contributed by atoms with Gasteiger partial charge in [-0.25, -0.2) is 0 Å². The number of ether oxygens (including phenoxy) is 2. The molecule has 28 heavy (non-hydrogen) atoms. The largest absolute Gasteiger partial charge is 0.454 e. The zero-order valence-electron chi connectivity index (χ0n) is 15.5. The van der Waals surface area contributed by atoms with Gasteiger partial charge >= 0.3 is 0 Å². The molecule has 3 rings (SSSR count). The van der Waals surface area contributed by atoms with Crippen LogP contribution in [0.3, 0.4) is 0 Å². The molecule has 3 N–H and O–H groups in total. The number of hydrogen-bond donors (Lipinski definition) is 3. The monoisotopic (exact) mass is 417 g/mol. The second-order valence-electron chi connectivity index (χ2n) is 6.10. The number of rotatable bonds is 4. The minimum absolute atomic E-state index is 0.137. The van der Waals surface area contributed by atoms with Crippen molar-refractivity contribution in [1.29, 1.82) is 0 Å². The molecule has 0 aliphatic carbocycles. The number of benzene rings is 2. The van der Waals surface area contributed by atoms with Crippen LogP contribution < -0.4 is 25.6 Å². The fourth-order valence-corrected chi connectivity index (χ4v) is 3.19. The van der Waals surface area contributed by atoms with Gasteiger partial charge in [0.2, 0.25) is 6.79 Å². The zero-order chi connectivity index (χ0) is 20.1. The van der Waals surface area contributed by atoms with Crippen LogP contribution in [0.1, 0.15) is 23.6 Å². The molecule has 0 spiro atoms. The third-order valence-electron chi connectivity index (χ3n) is 4.15. The van der Waals surface area contributed by atoms with Gasteiger partial charge in [-0.2, -0.15) is 0 Å². The lowest BCUT2D eigenvalue weighted by molar-refractivity contribution is -0.116. The number of aryl methyl sites for hydroxylation is 2. The van der Waals surface area contributed by atoms with Crippen LogP contribution in [0.2, 0.25) is 5.02 Å². The molecule has 1 amide bonds. The fraction of sp³-hybridized carbons (Fsp3) is 0.200. The number of nitrogens with one attached hydrogen (secondary N) is 3. The number of hydrazine groups is 1. The maximum atomic E-state index is 12.0.